The molecule has 0 unspecified atom stereocenters. The fourth-order valence-corrected chi connectivity index (χ4v) is 7.07. The molecule has 0 aromatic heterocycles. The highest BCUT2D eigenvalue weighted by molar-refractivity contribution is 6.22. The third kappa shape index (κ3) is 3.54. The summed E-state index contributed by atoms with van der Waals surface area (Å²) in [6.07, 6.45) is 0. The fourth-order valence-electron chi connectivity index (χ4n) is 7.07. The summed E-state index contributed by atoms with van der Waals surface area (Å²) in [6.45, 7) is 0. The molecule has 0 amide bonds. The number of hydrogen-bond acceptors (Lipinski definition) is 0. The van der Waals surface area contributed by atoms with Gasteiger partial charge < -0.3 is 0 Å². The lowest BCUT2D eigenvalue weighted by atomic mass is 9.68. The number of hydrogen-bond donors (Lipinski definition) is 0. The maximum Gasteiger partial charge on any atom is 0.0713 e. The zero-order chi connectivity index (χ0) is 27.2. The second-order valence-electron chi connectivity index (χ2n) is 10.9. The quantitative estimate of drug-likeness (QED) is 0.199. The summed E-state index contributed by atoms with van der Waals surface area (Å²) in [4.78, 5) is 0. The van der Waals surface area contributed by atoms with Gasteiger partial charge in [0.25, 0.3) is 0 Å². The van der Waals surface area contributed by atoms with Crippen LogP contribution < -0.4 is 0 Å². The Morgan fingerprint density at radius 3 is 1.00 bits per heavy atom. The molecule has 0 nitrogen and oxygen atoms in total. The molecule has 9 rings (SSSR count). The maximum atomic E-state index is 2.29. The molecule has 0 atom stereocenters. The minimum Gasteiger partial charge on any atom is -0.0622 e. The van der Waals surface area contributed by atoms with E-state index >= 15 is 0 Å². The molecule has 192 valence electrons. The predicted molar refractivity (Wildman–Crippen MR) is 174 cm³/mol. The van der Waals surface area contributed by atoms with Gasteiger partial charge in [-0.1, -0.05) is 170 Å². The van der Waals surface area contributed by atoms with Crippen molar-refractivity contribution in [2.45, 2.75) is 5.41 Å². The Labute approximate surface area is 240 Å². The largest absolute Gasteiger partial charge is 0.0713 e. The van der Waals surface area contributed by atoms with E-state index < -0.39 is 0 Å². The van der Waals surface area contributed by atoms with Gasteiger partial charge in [0.05, 0.1) is 5.41 Å². The third-order valence-corrected chi connectivity index (χ3v) is 8.76. The van der Waals surface area contributed by atoms with Crippen molar-refractivity contribution < 1.29 is 0 Å². The molecule has 1 aliphatic carbocycles. The molecular weight excluding hydrogens is 492 g/mol. The van der Waals surface area contributed by atoms with Crippen molar-refractivity contribution in [2.24, 2.45) is 0 Å². The van der Waals surface area contributed by atoms with Crippen molar-refractivity contribution in [3.63, 3.8) is 0 Å². The van der Waals surface area contributed by atoms with Crippen molar-refractivity contribution in [1.82, 2.24) is 0 Å². The first-order chi connectivity index (χ1) is 20.4. The van der Waals surface area contributed by atoms with Crippen molar-refractivity contribution in [1.29, 1.82) is 0 Å². The molecule has 0 bridgehead atoms. The van der Waals surface area contributed by atoms with E-state index in [2.05, 4.69) is 170 Å². The van der Waals surface area contributed by atoms with Crippen LogP contribution in [0.4, 0.5) is 0 Å². The van der Waals surface area contributed by atoms with E-state index in [-0.39, 0.29) is 5.41 Å². The van der Waals surface area contributed by atoms with E-state index in [1.165, 1.54) is 65.7 Å². The summed E-state index contributed by atoms with van der Waals surface area (Å²) in [5.41, 5.74) is 7.80. The second-order valence-corrected chi connectivity index (χ2v) is 10.9. The molecular formula is C41H28. The van der Waals surface area contributed by atoms with Gasteiger partial charge in [-0.15, -0.1) is 0 Å². The molecule has 0 saturated heterocycles. The van der Waals surface area contributed by atoms with Gasteiger partial charge in [0, 0.05) is 0 Å². The molecule has 0 radical (unpaired) electrons. The standard InChI is InChI=1S/C25H18.C16H10/c1-3-11-19(12-4-1)25(20-13-5-2-6-14-20)23-17-9-7-15-21(23)22-16-8-10-18-24(22)25;1-3-11-7-9-13-5-2-6-14-10-8-12(4-1)15(11)16(13)14/h1-18H;1-10H. The highest BCUT2D eigenvalue weighted by Gasteiger charge is 2.45. The highest BCUT2D eigenvalue weighted by atomic mass is 14.5. The van der Waals surface area contributed by atoms with Crippen LogP contribution in [0.2, 0.25) is 0 Å². The molecule has 0 saturated carbocycles. The van der Waals surface area contributed by atoms with Crippen LogP contribution in [-0.2, 0) is 5.41 Å². The summed E-state index contributed by atoms with van der Waals surface area (Å²) in [7, 11) is 0. The van der Waals surface area contributed by atoms with Gasteiger partial charge in [0.1, 0.15) is 0 Å². The summed E-state index contributed by atoms with van der Waals surface area (Å²) in [5, 5.41) is 8.14. The van der Waals surface area contributed by atoms with Crippen LogP contribution in [0.5, 0.6) is 0 Å². The Kier molecular flexibility index (Phi) is 5.47. The lowest BCUT2D eigenvalue weighted by molar-refractivity contribution is 0.768. The Hall–Kier alpha value is -5.20. The lowest BCUT2D eigenvalue weighted by Gasteiger charge is -2.33. The topological polar surface area (TPSA) is 0 Å². The van der Waals surface area contributed by atoms with Crippen LogP contribution in [0, 0.1) is 0 Å². The molecule has 41 heavy (non-hydrogen) atoms. The van der Waals surface area contributed by atoms with Gasteiger partial charge >= 0.3 is 0 Å². The van der Waals surface area contributed by atoms with E-state index in [0.29, 0.717) is 0 Å². The Balaban J connectivity index is 0.000000137. The zero-order valence-electron chi connectivity index (χ0n) is 22.7. The van der Waals surface area contributed by atoms with E-state index in [9.17, 15) is 0 Å². The van der Waals surface area contributed by atoms with Gasteiger partial charge in [-0.05, 0) is 65.7 Å². The second kappa shape index (κ2) is 9.47. The molecule has 0 heteroatoms. The van der Waals surface area contributed by atoms with Crippen molar-refractivity contribution in [3.05, 3.63) is 192 Å². The Morgan fingerprint density at radius 2 is 0.610 bits per heavy atom. The van der Waals surface area contributed by atoms with Crippen LogP contribution in [0.3, 0.4) is 0 Å². The monoisotopic (exact) mass is 520 g/mol. The zero-order valence-corrected chi connectivity index (χ0v) is 22.7. The first-order valence-electron chi connectivity index (χ1n) is 14.3. The van der Waals surface area contributed by atoms with Crippen molar-refractivity contribution in [2.75, 3.05) is 0 Å². The predicted octanol–water partition coefficient (Wildman–Crippen LogP) is 10.6. The smallest absolute Gasteiger partial charge is 0.0622 e. The summed E-state index contributed by atoms with van der Waals surface area (Å²) in [5.74, 6) is 0. The molecule has 8 aromatic carbocycles. The van der Waals surface area contributed by atoms with Gasteiger partial charge in [0.2, 0.25) is 0 Å². The van der Waals surface area contributed by atoms with Crippen LogP contribution in [0.25, 0.3) is 43.4 Å². The van der Waals surface area contributed by atoms with Gasteiger partial charge in [-0.2, -0.15) is 0 Å². The fraction of sp³-hybridized carbons (Fsp3) is 0.0244. The number of benzene rings is 8. The summed E-state index contributed by atoms with van der Waals surface area (Å²) in [6, 6.07) is 61.3. The number of rotatable bonds is 2. The summed E-state index contributed by atoms with van der Waals surface area (Å²) < 4.78 is 0. The van der Waals surface area contributed by atoms with E-state index in [1.807, 2.05) is 0 Å². The average molecular weight is 521 g/mol. The lowest BCUT2D eigenvalue weighted by Crippen LogP contribution is -2.28. The third-order valence-electron chi connectivity index (χ3n) is 8.76. The Morgan fingerprint density at radius 1 is 0.268 bits per heavy atom. The molecule has 0 spiro atoms. The molecule has 1 aliphatic rings. The molecule has 8 aromatic rings. The molecule has 0 heterocycles. The van der Waals surface area contributed by atoms with E-state index in [1.54, 1.807) is 0 Å². The minimum absolute atomic E-state index is 0.254. The SMILES string of the molecule is c1cc2ccc3cccc4ccc(c1)c2c34.c1ccc(C2(c3ccccc3)c3ccccc3-c3ccccc32)cc1. The number of fused-ring (bicyclic) bond motifs is 3. The highest BCUT2D eigenvalue weighted by Crippen LogP contribution is 2.55. The van der Waals surface area contributed by atoms with E-state index in [4.69, 9.17) is 0 Å². The van der Waals surface area contributed by atoms with Gasteiger partial charge in [-0.25, -0.2) is 0 Å². The van der Waals surface area contributed by atoms with E-state index in [0.717, 1.165) is 0 Å². The minimum atomic E-state index is -0.254. The van der Waals surface area contributed by atoms with Crippen molar-refractivity contribution in [3.8, 4) is 11.1 Å². The maximum absolute atomic E-state index is 2.29. The van der Waals surface area contributed by atoms with Crippen LogP contribution in [-0.4, -0.2) is 0 Å². The first-order valence-corrected chi connectivity index (χ1v) is 14.3. The normalized spacial score (nSPS) is 13.1. The molecule has 0 fully saturated rings. The summed E-state index contributed by atoms with van der Waals surface area (Å²) >= 11 is 0. The van der Waals surface area contributed by atoms with Crippen LogP contribution >= 0.6 is 0 Å². The Bertz CT molecular complexity index is 1920. The van der Waals surface area contributed by atoms with Gasteiger partial charge in [0.15, 0.2) is 0 Å². The van der Waals surface area contributed by atoms with Gasteiger partial charge in [-0.3, -0.25) is 0 Å². The van der Waals surface area contributed by atoms with Crippen LogP contribution in [0.1, 0.15) is 22.3 Å². The first kappa shape index (κ1) is 23.7. The van der Waals surface area contributed by atoms with Crippen molar-refractivity contribution >= 4 is 32.3 Å². The van der Waals surface area contributed by atoms with Crippen LogP contribution in [0.15, 0.2) is 170 Å². The average Bonchev–Trinajstić information content (AvgIpc) is 3.36. The molecule has 0 N–H and O–H groups in total. The molecule has 0 aliphatic heterocycles.